The van der Waals surface area contributed by atoms with Crippen LogP contribution in [0.4, 0.5) is 0 Å². The minimum Gasteiger partial charge on any atom is -0.393 e. The molecule has 0 aliphatic carbocycles. The second-order valence-electron chi connectivity index (χ2n) is 2.77. The molecular weight excluding hydrogens is 188 g/mol. The first kappa shape index (κ1) is 12.3. The van der Waals surface area contributed by atoms with Crippen molar-refractivity contribution in [2.24, 2.45) is 5.73 Å². The second-order valence-corrected chi connectivity index (χ2v) is 3.30. The Balaban J connectivity index is 3.59. The Hall–Kier alpha value is -0.680. The molecule has 1 amide bonds. The van der Waals surface area contributed by atoms with E-state index in [2.05, 4.69) is 17.5 Å². The summed E-state index contributed by atoms with van der Waals surface area (Å²) in [5.41, 5.74) is 5.21. The largest absolute Gasteiger partial charge is 0.393 e. The fourth-order valence-electron chi connectivity index (χ4n) is 0.820. The number of hydrogen-bond acceptors (Lipinski definition) is 3. The van der Waals surface area contributed by atoms with Gasteiger partial charge in [0, 0.05) is 12.6 Å². The quantitative estimate of drug-likeness (QED) is 0.607. The van der Waals surface area contributed by atoms with E-state index in [1.165, 1.54) is 0 Å². The normalized spacial score (nSPS) is 12.2. The minimum atomic E-state index is -0.153. The fourth-order valence-corrected chi connectivity index (χ4v) is 0.951. The third-order valence-corrected chi connectivity index (χ3v) is 1.46. The van der Waals surface area contributed by atoms with Crippen LogP contribution in [0.3, 0.4) is 0 Å². The molecule has 0 radical (unpaired) electrons. The molecule has 0 aromatic heterocycles. The molecule has 0 fully saturated rings. The van der Waals surface area contributed by atoms with Crippen LogP contribution in [0.2, 0.25) is 0 Å². The molecule has 0 heterocycles. The van der Waals surface area contributed by atoms with Gasteiger partial charge in [-0.15, -0.1) is 0 Å². The summed E-state index contributed by atoms with van der Waals surface area (Å²) in [6.45, 7) is 4.94. The topological polar surface area (TPSA) is 64.3 Å². The molecule has 0 saturated carbocycles. The standard InChI is InChI=1S/C8H16N2O2S/c1-3-12-5-6(2)10-8(11)4-7(9)13/h6H,3-5H2,1-2H3,(H2,9,13)(H,10,11). The highest BCUT2D eigenvalue weighted by atomic mass is 32.1. The number of thiocarbonyl (C=S) groups is 1. The van der Waals surface area contributed by atoms with Crippen LogP contribution in [0.15, 0.2) is 0 Å². The Morgan fingerprint density at radius 2 is 2.31 bits per heavy atom. The third kappa shape index (κ3) is 7.67. The molecular formula is C8H16N2O2S. The fraction of sp³-hybridized carbons (Fsp3) is 0.750. The van der Waals surface area contributed by atoms with E-state index in [1.807, 2.05) is 13.8 Å². The Kier molecular flexibility index (Phi) is 6.44. The number of nitrogens with one attached hydrogen (secondary N) is 1. The van der Waals surface area contributed by atoms with Crippen molar-refractivity contribution in [3.63, 3.8) is 0 Å². The van der Waals surface area contributed by atoms with Gasteiger partial charge in [0.2, 0.25) is 5.91 Å². The van der Waals surface area contributed by atoms with E-state index in [0.717, 1.165) is 0 Å². The summed E-state index contributed by atoms with van der Waals surface area (Å²) >= 11 is 4.60. The van der Waals surface area contributed by atoms with Crippen LogP contribution in [-0.4, -0.2) is 30.2 Å². The number of amides is 1. The number of nitrogens with two attached hydrogens (primary N) is 1. The number of rotatable bonds is 6. The zero-order chi connectivity index (χ0) is 10.3. The number of carbonyl (C=O) groups is 1. The van der Waals surface area contributed by atoms with Gasteiger partial charge in [0.05, 0.1) is 18.0 Å². The van der Waals surface area contributed by atoms with E-state index in [4.69, 9.17) is 10.5 Å². The van der Waals surface area contributed by atoms with Gasteiger partial charge in [0.15, 0.2) is 0 Å². The molecule has 0 bridgehead atoms. The van der Waals surface area contributed by atoms with Crippen molar-refractivity contribution in [1.29, 1.82) is 0 Å². The highest BCUT2D eigenvalue weighted by Gasteiger charge is 2.07. The van der Waals surface area contributed by atoms with Gasteiger partial charge in [0.25, 0.3) is 0 Å². The molecule has 0 spiro atoms. The lowest BCUT2D eigenvalue weighted by Crippen LogP contribution is -2.37. The maximum atomic E-state index is 11.1. The molecule has 1 unspecified atom stereocenters. The zero-order valence-corrected chi connectivity index (χ0v) is 8.82. The Morgan fingerprint density at radius 3 is 2.77 bits per heavy atom. The van der Waals surface area contributed by atoms with Crippen molar-refractivity contribution in [2.75, 3.05) is 13.2 Å². The van der Waals surface area contributed by atoms with E-state index in [9.17, 15) is 4.79 Å². The summed E-state index contributed by atoms with van der Waals surface area (Å²) in [5.74, 6) is -0.153. The molecule has 1 atom stereocenters. The molecule has 0 aliphatic rings. The van der Waals surface area contributed by atoms with Crippen molar-refractivity contribution < 1.29 is 9.53 Å². The first-order chi connectivity index (χ1) is 6.06. The lowest BCUT2D eigenvalue weighted by Gasteiger charge is -2.12. The molecule has 0 aliphatic heterocycles. The Labute approximate surface area is 83.8 Å². The molecule has 0 aromatic carbocycles. The number of hydrogen-bond donors (Lipinski definition) is 2. The molecule has 76 valence electrons. The van der Waals surface area contributed by atoms with Crippen molar-refractivity contribution in [3.05, 3.63) is 0 Å². The smallest absolute Gasteiger partial charge is 0.227 e. The van der Waals surface area contributed by atoms with Crippen LogP contribution >= 0.6 is 12.2 Å². The molecule has 5 heteroatoms. The lowest BCUT2D eigenvalue weighted by atomic mass is 10.3. The molecule has 0 saturated heterocycles. The Bertz CT molecular complexity index is 185. The monoisotopic (exact) mass is 204 g/mol. The first-order valence-corrected chi connectivity index (χ1v) is 4.62. The van der Waals surface area contributed by atoms with Crippen molar-refractivity contribution in [2.45, 2.75) is 26.3 Å². The summed E-state index contributed by atoms with van der Waals surface area (Å²) in [4.78, 5) is 11.3. The predicted molar refractivity (Wildman–Crippen MR) is 55.5 cm³/mol. The summed E-state index contributed by atoms with van der Waals surface area (Å²) in [6, 6.07) is 0.00167. The first-order valence-electron chi connectivity index (χ1n) is 4.21. The molecule has 4 nitrogen and oxygen atoms in total. The van der Waals surface area contributed by atoms with Gasteiger partial charge in [-0.3, -0.25) is 4.79 Å². The van der Waals surface area contributed by atoms with Crippen molar-refractivity contribution in [1.82, 2.24) is 5.32 Å². The lowest BCUT2D eigenvalue weighted by molar-refractivity contribution is -0.120. The number of ether oxygens (including phenoxy) is 1. The maximum Gasteiger partial charge on any atom is 0.227 e. The number of carbonyl (C=O) groups excluding carboxylic acids is 1. The van der Waals surface area contributed by atoms with E-state index < -0.39 is 0 Å². The highest BCUT2D eigenvalue weighted by Crippen LogP contribution is 1.87. The summed E-state index contributed by atoms with van der Waals surface area (Å²) in [5, 5.41) is 2.71. The van der Waals surface area contributed by atoms with Crippen LogP contribution in [0, 0.1) is 0 Å². The molecule has 0 aromatic rings. The van der Waals surface area contributed by atoms with Crippen molar-refractivity contribution >= 4 is 23.1 Å². The van der Waals surface area contributed by atoms with Gasteiger partial charge in [-0.25, -0.2) is 0 Å². The van der Waals surface area contributed by atoms with E-state index in [-0.39, 0.29) is 23.4 Å². The van der Waals surface area contributed by atoms with Crippen LogP contribution in [0.1, 0.15) is 20.3 Å². The third-order valence-electron chi connectivity index (χ3n) is 1.31. The summed E-state index contributed by atoms with van der Waals surface area (Å²) < 4.78 is 5.12. The van der Waals surface area contributed by atoms with E-state index >= 15 is 0 Å². The SMILES string of the molecule is CCOCC(C)NC(=O)CC(N)=S. The van der Waals surface area contributed by atoms with E-state index in [1.54, 1.807) is 0 Å². The van der Waals surface area contributed by atoms with Gasteiger partial charge >= 0.3 is 0 Å². The van der Waals surface area contributed by atoms with Crippen LogP contribution in [0.5, 0.6) is 0 Å². The average Bonchev–Trinajstić information content (AvgIpc) is 1.98. The van der Waals surface area contributed by atoms with Gasteiger partial charge in [0.1, 0.15) is 0 Å². The van der Waals surface area contributed by atoms with Gasteiger partial charge in [-0.1, -0.05) is 12.2 Å². The van der Waals surface area contributed by atoms with Gasteiger partial charge in [-0.05, 0) is 13.8 Å². The average molecular weight is 204 g/mol. The minimum absolute atomic E-state index is 0.00167. The van der Waals surface area contributed by atoms with Crippen LogP contribution < -0.4 is 11.1 Å². The van der Waals surface area contributed by atoms with Crippen molar-refractivity contribution in [3.8, 4) is 0 Å². The van der Waals surface area contributed by atoms with Crippen LogP contribution in [-0.2, 0) is 9.53 Å². The summed E-state index contributed by atoms with van der Waals surface area (Å²) in [6.07, 6.45) is 0.103. The van der Waals surface area contributed by atoms with Crippen LogP contribution in [0.25, 0.3) is 0 Å². The molecule has 13 heavy (non-hydrogen) atoms. The maximum absolute atomic E-state index is 11.1. The zero-order valence-electron chi connectivity index (χ0n) is 8.00. The Morgan fingerprint density at radius 1 is 1.69 bits per heavy atom. The van der Waals surface area contributed by atoms with E-state index in [0.29, 0.717) is 13.2 Å². The molecule has 0 rings (SSSR count). The van der Waals surface area contributed by atoms with Gasteiger partial charge < -0.3 is 15.8 Å². The molecule has 3 N–H and O–H groups in total. The summed E-state index contributed by atoms with van der Waals surface area (Å²) in [7, 11) is 0. The van der Waals surface area contributed by atoms with Gasteiger partial charge in [-0.2, -0.15) is 0 Å². The predicted octanol–water partition coefficient (Wildman–Crippen LogP) is 0.204. The second kappa shape index (κ2) is 6.80. The highest BCUT2D eigenvalue weighted by molar-refractivity contribution is 7.80.